The number of aryl methyl sites for hydroxylation is 1. The number of nitrogens with one attached hydrogen (secondary N) is 1. The van der Waals surface area contributed by atoms with Crippen LogP contribution in [0.4, 0.5) is 0 Å². The van der Waals surface area contributed by atoms with Gasteiger partial charge in [0.1, 0.15) is 0 Å². The highest BCUT2D eigenvalue weighted by atomic mass is 35.5. The molecule has 0 saturated heterocycles. The zero-order chi connectivity index (χ0) is 14.1. The number of aromatic amines is 1. The van der Waals surface area contributed by atoms with Crippen LogP contribution < -0.4 is 5.56 Å². The Morgan fingerprint density at radius 1 is 1.40 bits per heavy atom. The maximum absolute atomic E-state index is 12.1. The average molecular weight is 303 g/mol. The number of para-hydroxylation sites is 1. The molecule has 20 heavy (non-hydrogen) atoms. The van der Waals surface area contributed by atoms with Crippen LogP contribution in [0.15, 0.2) is 39.8 Å². The van der Waals surface area contributed by atoms with E-state index in [1.807, 2.05) is 35.9 Å². The number of hydrogen-bond acceptors (Lipinski definition) is 3. The largest absolute Gasteiger partial charge is 0.305 e. The molecule has 0 fully saturated rings. The topological polar surface area (TPSA) is 45.8 Å². The molecule has 1 aromatic carbocycles. The van der Waals surface area contributed by atoms with Crippen LogP contribution in [-0.4, -0.2) is 9.97 Å². The Morgan fingerprint density at radius 2 is 2.25 bits per heavy atom. The second kappa shape index (κ2) is 5.23. The molecule has 0 aliphatic rings. The van der Waals surface area contributed by atoms with E-state index in [0.29, 0.717) is 21.8 Å². The van der Waals surface area contributed by atoms with Crippen LogP contribution in [0.2, 0.25) is 0 Å². The number of H-pyrrole nitrogens is 1. The molecule has 3 nitrogen and oxygen atoms in total. The zero-order valence-electron chi connectivity index (χ0n) is 10.7. The van der Waals surface area contributed by atoms with E-state index in [1.165, 1.54) is 0 Å². The Balaban J connectivity index is 2.18. The molecule has 2 heterocycles. The van der Waals surface area contributed by atoms with Crippen LogP contribution in [0.25, 0.3) is 22.0 Å². The summed E-state index contributed by atoms with van der Waals surface area (Å²) in [5.41, 5.74) is 2.45. The zero-order valence-corrected chi connectivity index (χ0v) is 12.3. The van der Waals surface area contributed by atoms with Crippen molar-refractivity contribution < 1.29 is 0 Å². The Hall–Kier alpha value is -1.91. The third-order valence-corrected chi connectivity index (χ3v) is 3.99. The molecule has 0 aliphatic heterocycles. The van der Waals surface area contributed by atoms with Gasteiger partial charge in [-0.2, -0.15) is 11.3 Å². The lowest BCUT2D eigenvalue weighted by atomic mass is 10.1. The van der Waals surface area contributed by atoms with Crippen LogP contribution >= 0.6 is 22.9 Å². The summed E-state index contributed by atoms with van der Waals surface area (Å²) in [7, 11) is 0. The van der Waals surface area contributed by atoms with Crippen molar-refractivity contribution in [3.05, 3.63) is 62.3 Å². The highest BCUT2D eigenvalue weighted by molar-refractivity contribution is 7.08. The number of hydrogen-bond donors (Lipinski definition) is 1. The summed E-state index contributed by atoms with van der Waals surface area (Å²) in [4.78, 5) is 19.3. The van der Waals surface area contributed by atoms with Crippen molar-refractivity contribution in [3.8, 4) is 0 Å². The van der Waals surface area contributed by atoms with Gasteiger partial charge in [0.05, 0.1) is 15.9 Å². The van der Waals surface area contributed by atoms with Crippen LogP contribution in [0.3, 0.4) is 0 Å². The van der Waals surface area contributed by atoms with Crippen molar-refractivity contribution in [2.24, 2.45) is 0 Å². The van der Waals surface area contributed by atoms with E-state index in [1.54, 1.807) is 23.5 Å². The number of aromatic nitrogens is 2. The highest BCUT2D eigenvalue weighted by Gasteiger charge is 2.08. The average Bonchev–Trinajstić information content (AvgIpc) is 2.92. The third-order valence-electron chi connectivity index (χ3n) is 3.00. The summed E-state index contributed by atoms with van der Waals surface area (Å²) < 4.78 is 0. The van der Waals surface area contributed by atoms with Gasteiger partial charge in [0.15, 0.2) is 5.82 Å². The Morgan fingerprint density at radius 3 is 3.00 bits per heavy atom. The summed E-state index contributed by atoms with van der Waals surface area (Å²) in [5.74, 6) is 0.393. The minimum atomic E-state index is -0.175. The van der Waals surface area contributed by atoms with Crippen molar-refractivity contribution in [2.75, 3.05) is 0 Å². The second-order valence-corrected chi connectivity index (χ2v) is 5.62. The molecule has 0 bridgehead atoms. The predicted octanol–water partition coefficient (Wildman–Crippen LogP) is 4.03. The molecular weight excluding hydrogens is 292 g/mol. The summed E-state index contributed by atoms with van der Waals surface area (Å²) in [6, 6.07) is 7.48. The Kier molecular flexibility index (Phi) is 3.42. The van der Waals surface area contributed by atoms with E-state index in [4.69, 9.17) is 11.6 Å². The minimum Gasteiger partial charge on any atom is -0.305 e. The number of benzene rings is 1. The lowest BCUT2D eigenvalue weighted by Gasteiger charge is -2.04. The Bertz CT molecular complexity index is 850. The first-order valence-corrected chi connectivity index (χ1v) is 7.36. The first-order valence-electron chi connectivity index (χ1n) is 6.04. The summed E-state index contributed by atoms with van der Waals surface area (Å²) in [6.07, 6.45) is 1.79. The van der Waals surface area contributed by atoms with Crippen LogP contribution in [-0.2, 0) is 0 Å². The molecule has 0 amide bonds. The number of nitrogens with zero attached hydrogens (tertiary/aromatic N) is 1. The third kappa shape index (κ3) is 2.40. The van der Waals surface area contributed by atoms with E-state index >= 15 is 0 Å². The van der Waals surface area contributed by atoms with E-state index in [2.05, 4.69) is 9.97 Å². The molecule has 1 N–H and O–H groups in total. The van der Waals surface area contributed by atoms with Crippen LogP contribution in [0, 0.1) is 6.92 Å². The first kappa shape index (κ1) is 13.1. The number of fused-ring (bicyclic) bond motifs is 1. The molecule has 5 heteroatoms. The molecule has 3 aromatic rings. The lowest BCUT2D eigenvalue weighted by molar-refractivity contribution is 1.13. The summed E-state index contributed by atoms with van der Waals surface area (Å²) >= 11 is 7.84. The van der Waals surface area contributed by atoms with Crippen molar-refractivity contribution in [3.63, 3.8) is 0 Å². The van der Waals surface area contributed by atoms with E-state index in [9.17, 15) is 4.79 Å². The molecule has 0 radical (unpaired) electrons. The van der Waals surface area contributed by atoms with Gasteiger partial charge in [0.2, 0.25) is 0 Å². The van der Waals surface area contributed by atoms with Crippen LogP contribution in [0.1, 0.15) is 17.0 Å². The fourth-order valence-corrected chi connectivity index (χ4v) is 2.82. The van der Waals surface area contributed by atoms with Crippen molar-refractivity contribution in [2.45, 2.75) is 6.92 Å². The lowest BCUT2D eigenvalue weighted by Crippen LogP contribution is -2.11. The van der Waals surface area contributed by atoms with Gasteiger partial charge in [-0.3, -0.25) is 4.79 Å². The fourth-order valence-electron chi connectivity index (χ4n) is 1.99. The number of rotatable bonds is 2. The summed E-state index contributed by atoms with van der Waals surface area (Å²) in [6.45, 7) is 1.93. The van der Waals surface area contributed by atoms with Gasteiger partial charge in [-0.05, 0) is 47.0 Å². The molecule has 2 aromatic heterocycles. The molecule has 100 valence electrons. The van der Waals surface area contributed by atoms with Crippen molar-refractivity contribution in [1.29, 1.82) is 0 Å². The van der Waals surface area contributed by atoms with Gasteiger partial charge in [-0.1, -0.05) is 23.7 Å². The molecular formula is C15H11ClN2OS. The minimum absolute atomic E-state index is 0.175. The molecule has 0 atom stereocenters. The predicted molar refractivity (Wildman–Crippen MR) is 85.1 cm³/mol. The fraction of sp³-hybridized carbons (Fsp3) is 0.0667. The highest BCUT2D eigenvalue weighted by Crippen LogP contribution is 2.21. The van der Waals surface area contributed by atoms with E-state index in [-0.39, 0.29) is 5.56 Å². The monoisotopic (exact) mass is 302 g/mol. The number of halogens is 1. The van der Waals surface area contributed by atoms with Crippen LogP contribution in [0.5, 0.6) is 0 Å². The normalized spacial score (nSPS) is 12.0. The van der Waals surface area contributed by atoms with Crippen molar-refractivity contribution >= 4 is 44.9 Å². The second-order valence-electron chi connectivity index (χ2n) is 4.43. The van der Waals surface area contributed by atoms with E-state index < -0.39 is 0 Å². The van der Waals surface area contributed by atoms with Crippen molar-refractivity contribution in [1.82, 2.24) is 9.97 Å². The molecule has 0 spiro atoms. The summed E-state index contributed by atoms with van der Waals surface area (Å²) in [5, 5.41) is 4.95. The van der Waals surface area contributed by atoms with Gasteiger partial charge < -0.3 is 4.98 Å². The van der Waals surface area contributed by atoms with Gasteiger partial charge in [0.25, 0.3) is 5.56 Å². The maximum atomic E-state index is 12.1. The quantitative estimate of drug-likeness (QED) is 0.777. The SMILES string of the molecule is Cc1cccc2c(=O)[nH]c(C(Cl)=Cc3ccsc3)nc12. The maximum Gasteiger partial charge on any atom is 0.259 e. The molecule has 3 rings (SSSR count). The van der Waals surface area contributed by atoms with Gasteiger partial charge >= 0.3 is 0 Å². The number of thiophene rings is 1. The first-order chi connectivity index (χ1) is 9.65. The molecule has 0 saturated carbocycles. The van der Waals surface area contributed by atoms with E-state index in [0.717, 1.165) is 11.1 Å². The van der Waals surface area contributed by atoms with Gasteiger partial charge in [-0.25, -0.2) is 4.98 Å². The van der Waals surface area contributed by atoms with Gasteiger partial charge in [0, 0.05) is 0 Å². The standard InChI is InChI=1S/C15H11ClN2OS/c1-9-3-2-4-11-13(9)17-14(18-15(11)19)12(16)7-10-5-6-20-8-10/h2-8H,1H3,(H,17,18,19). The molecule has 0 aliphatic carbocycles. The Labute approximate surface area is 124 Å². The van der Waals surface area contributed by atoms with Gasteiger partial charge in [-0.15, -0.1) is 0 Å². The molecule has 0 unspecified atom stereocenters. The smallest absolute Gasteiger partial charge is 0.259 e.